The number of benzene rings is 1. The maximum atomic E-state index is 4.77. The monoisotopic (exact) mass is 369 g/mol. The predicted molar refractivity (Wildman–Crippen MR) is 115 cm³/mol. The number of isothiocyanates is 1. The SMILES string of the molecule is Cc1cc(CCC2CCC(C3CCC(C)CC3)CC2)cc(C)c1N=C=S. The van der Waals surface area contributed by atoms with E-state index in [0.29, 0.717) is 0 Å². The summed E-state index contributed by atoms with van der Waals surface area (Å²) in [5.41, 5.74) is 4.93. The van der Waals surface area contributed by atoms with Gasteiger partial charge in [-0.1, -0.05) is 44.7 Å². The molecule has 0 bridgehead atoms. The second kappa shape index (κ2) is 9.29. The highest BCUT2D eigenvalue weighted by molar-refractivity contribution is 7.78. The van der Waals surface area contributed by atoms with Crippen molar-refractivity contribution in [1.82, 2.24) is 0 Å². The van der Waals surface area contributed by atoms with Crippen molar-refractivity contribution in [2.75, 3.05) is 0 Å². The molecule has 1 nitrogen and oxygen atoms in total. The third-order valence-corrected chi connectivity index (χ3v) is 7.26. The Bertz CT molecular complexity index is 619. The quantitative estimate of drug-likeness (QED) is 0.384. The summed E-state index contributed by atoms with van der Waals surface area (Å²) in [6.45, 7) is 6.71. The van der Waals surface area contributed by atoms with Gasteiger partial charge in [-0.3, -0.25) is 0 Å². The normalized spacial score (nSPS) is 29.2. The number of hydrogen-bond acceptors (Lipinski definition) is 2. The van der Waals surface area contributed by atoms with Gasteiger partial charge < -0.3 is 0 Å². The molecule has 0 amide bonds. The Morgan fingerprint density at radius 1 is 0.923 bits per heavy atom. The molecule has 1 aromatic rings. The number of rotatable bonds is 5. The lowest BCUT2D eigenvalue weighted by molar-refractivity contribution is 0.148. The molecule has 2 heteroatoms. The molecule has 0 saturated heterocycles. The summed E-state index contributed by atoms with van der Waals surface area (Å²) in [4.78, 5) is 4.22. The lowest BCUT2D eigenvalue weighted by atomic mass is 9.69. The minimum absolute atomic E-state index is 0.938. The first-order valence-electron chi connectivity index (χ1n) is 10.7. The highest BCUT2D eigenvalue weighted by Crippen LogP contribution is 2.42. The molecule has 0 unspecified atom stereocenters. The molecule has 2 aliphatic carbocycles. The van der Waals surface area contributed by atoms with Gasteiger partial charge in [0.15, 0.2) is 0 Å². The van der Waals surface area contributed by atoms with E-state index in [4.69, 9.17) is 12.2 Å². The molecule has 0 aliphatic heterocycles. The molecule has 0 heterocycles. The first-order chi connectivity index (χ1) is 12.6. The highest BCUT2D eigenvalue weighted by atomic mass is 32.1. The molecular weight excluding hydrogens is 334 g/mol. The van der Waals surface area contributed by atoms with Crippen LogP contribution in [0.15, 0.2) is 17.1 Å². The van der Waals surface area contributed by atoms with Gasteiger partial charge in [0.2, 0.25) is 0 Å². The van der Waals surface area contributed by atoms with E-state index in [9.17, 15) is 0 Å². The van der Waals surface area contributed by atoms with Crippen molar-refractivity contribution in [1.29, 1.82) is 0 Å². The van der Waals surface area contributed by atoms with E-state index in [1.54, 1.807) is 0 Å². The fourth-order valence-corrected chi connectivity index (χ4v) is 5.58. The topological polar surface area (TPSA) is 12.4 Å². The van der Waals surface area contributed by atoms with E-state index in [-0.39, 0.29) is 0 Å². The second-order valence-electron chi connectivity index (χ2n) is 9.12. The Morgan fingerprint density at radius 3 is 2.00 bits per heavy atom. The number of aliphatic imine (C=N–C) groups is 1. The average Bonchev–Trinajstić information content (AvgIpc) is 2.64. The number of aryl methyl sites for hydroxylation is 3. The largest absolute Gasteiger partial charge is 0.194 e. The number of nitrogens with zero attached hydrogens (tertiary/aromatic N) is 1. The van der Waals surface area contributed by atoms with Crippen LogP contribution in [0.5, 0.6) is 0 Å². The summed E-state index contributed by atoms with van der Waals surface area (Å²) >= 11 is 4.77. The molecule has 142 valence electrons. The Morgan fingerprint density at radius 2 is 1.46 bits per heavy atom. The fraction of sp³-hybridized carbons (Fsp3) is 0.708. The zero-order valence-electron chi connectivity index (χ0n) is 16.9. The molecule has 0 spiro atoms. The highest BCUT2D eigenvalue weighted by Gasteiger charge is 2.29. The van der Waals surface area contributed by atoms with Gasteiger partial charge in [0.05, 0.1) is 10.8 Å². The van der Waals surface area contributed by atoms with Crippen LogP contribution in [0.25, 0.3) is 0 Å². The summed E-state index contributed by atoms with van der Waals surface area (Å²) in [5, 5.41) is 2.51. The van der Waals surface area contributed by atoms with Crippen LogP contribution in [0.4, 0.5) is 5.69 Å². The standard InChI is InChI=1S/C24H35NS/c1-17-4-10-22(11-5-17)23-12-8-20(9-13-23)6-7-21-14-18(2)24(25-16-26)19(3)15-21/h14-15,17,20,22-23H,4-13H2,1-3H3. The van der Waals surface area contributed by atoms with Crippen LogP contribution < -0.4 is 0 Å². The van der Waals surface area contributed by atoms with Crippen LogP contribution in [0.1, 0.15) is 81.4 Å². The number of hydrogen-bond donors (Lipinski definition) is 0. The Hall–Kier alpha value is -0.980. The van der Waals surface area contributed by atoms with Crippen LogP contribution in [0.3, 0.4) is 0 Å². The first kappa shape index (κ1) is 19.8. The van der Waals surface area contributed by atoms with Gasteiger partial charge in [0.1, 0.15) is 0 Å². The Labute approximate surface area is 165 Å². The van der Waals surface area contributed by atoms with Gasteiger partial charge in [-0.15, -0.1) is 0 Å². The molecule has 0 N–H and O–H groups in total. The maximum absolute atomic E-state index is 4.77. The van der Waals surface area contributed by atoms with Gasteiger partial charge in [-0.2, -0.15) is 4.99 Å². The first-order valence-corrected chi connectivity index (χ1v) is 11.2. The Balaban J connectivity index is 1.47. The van der Waals surface area contributed by atoms with E-state index in [1.165, 1.54) is 80.9 Å². The third-order valence-electron chi connectivity index (χ3n) is 7.17. The van der Waals surface area contributed by atoms with Crippen molar-refractivity contribution in [3.8, 4) is 0 Å². The average molecular weight is 370 g/mol. The van der Waals surface area contributed by atoms with Crippen LogP contribution in [0.2, 0.25) is 0 Å². The fourth-order valence-electron chi connectivity index (χ4n) is 5.49. The van der Waals surface area contributed by atoms with Gasteiger partial charge in [-0.05, 0) is 105 Å². The summed E-state index contributed by atoms with van der Waals surface area (Å²) in [6, 6.07) is 4.60. The molecular formula is C24H35NS. The molecule has 0 atom stereocenters. The molecule has 0 aromatic heterocycles. The van der Waals surface area contributed by atoms with Crippen LogP contribution in [0, 0.1) is 37.5 Å². The predicted octanol–water partition coefficient (Wildman–Crippen LogP) is 7.60. The smallest absolute Gasteiger partial charge is 0.0797 e. The van der Waals surface area contributed by atoms with E-state index >= 15 is 0 Å². The molecule has 0 radical (unpaired) electrons. The van der Waals surface area contributed by atoms with E-state index in [1.807, 2.05) is 0 Å². The van der Waals surface area contributed by atoms with Crippen LogP contribution in [-0.4, -0.2) is 5.16 Å². The van der Waals surface area contributed by atoms with Crippen molar-refractivity contribution in [3.63, 3.8) is 0 Å². The van der Waals surface area contributed by atoms with Crippen molar-refractivity contribution in [2.24, 2.45) is 28.7 Å². The molecule has 3 rings (SSSR count). The summed E-state index contributed by atoms with van der Waals surface area (Å²) < 4.78 is 0. The van der Waals surface area contributed by atoms with Gasteiger partial charge >= 0.3 is 0 Å². The van der Waals surface area contributed by atoms with E-state index in [2.05, 4.69) is 43.1 Å². The second-order valence-corrected chi connectivity index (χ2v) is 9.30. The van der Waals surface area contributed by atoms with Crippen molar-refractivity contribution >= 4 is 23.1 Å². The van der Waals surface area contributed by atoms with Gasteiger partial charge in [0.25, 0.3) is 0 Å². The van der Waals surface area contributed by atoms with Gasteiger partial charge in [0, 0.05) is 0 Å². The van der Waals surface area contributed by atoms with Crippen LogP contribution in [-0.2, 0) is 6.42 Å². The number of thiocarbonyl (C=S) groups is 1. The zero-order chi connectivity index (χ0) is 18.5. The third kappa shape index (κ3) is 5.05. The van der Waals surface area contributed by atoms with E-state index < -0.39 is 0 Å². The maximum Gasteiger partial charge on any atom is 0.0797 e. The van der Waals surface area contributed by atoms with E-state index in [0.717, 1.165) is 29.4 Å². The van der Waals surface area contributed by atoms with Crippen LogP contribution >= 0.6 is 12.2 Å². The molecule has 1 aromatic carbocycles. The lowest BCUT2D eigenvalue weighted by Crippen LogP contribution is -2.25. The molecule has 2 saturated carbocycles. The van der Waals surface area contributed by atoms with Gasteiger partial charge in [-0.25, -0.2) is 0 Å². The lowest BCUT2D eigenvalue weighted by Gasteiger charge is -2.37. The van der Waals surface area contributed by atoms with Crippen molar-refractivity contribution in [3.05, 3.63) is 28.8 Å². The van der Waals surface area contributed by atoms with Crippen molar-refractivity contribution in [2.45, 2.75) is 85.0 Å². The molecule has 2 aliphatic rings. The molecule has 26 heavy (non-hydrogen) atoms. The summed E-state index contributed by atoms with van der Waals surface area (Å²) in [6.07, 6.45) is 14.4. The van der Waals surface area contributed by atoms with Crippen molar-refractivity contribution < 1.29 is 0 Å². The summed E-state index contributed by atoms with van der Waals surface area (Å²) in [5.74, 6) is 4.00. The zero-order valence-corrected chi connectivity index (χ0v) is 17.7. The minimum Gasteiger partial charge on any atom is -0.194 e. The minimum atomic E-state index is 0.938. The summed E-state index contributed by atoms with van der Waals surface area (Å²) in [7, 11) is 0. The molecule has 2 fully saturated rings. The Kier molecular flexibility index (Phi) is 7.06.